The number of halogens is 1. The number of primary amides is 1. The van der Waals surface area contributed by atoms with E-state index in [-0.39, 0.29) is 26.0 Å². The number of carbonyl (C=O) groups is 2. The number of nitrogens with two attached hydrogens (primary N) is 1. The van der Waals surface area contributed by atoms with Crippen molar-refractivity contribution < 1.29 is 25.2 Å². The van der Waals surface area contributed by atoms with E-state index in [0.29, 0.717) is 28.2 Å². The minimum absolute atomic E-state index is 0. The molecule has 0 unspecified atom stereocenters. The summed E-state index contributed by atoms with van der Waals surface area (Å²) in [5, 5.41) is 18.1. The largest absolute Gasteiger partial charge is 0.489 e. The number of hydrogen-bond acceptors (Lipinski definition) is 7. The molecule has 36 heavy (non-hydrogen) atoms. The molecule has 0 radical (unpaired) electrons. The molecular formula is C25H25FN6O4. The molecule has 4 aromatic rings. The Hall–Kier alpha value is -4.38. The highest BCUT2D eigenvalue weighted by atomic mass is 19.1. The van der Waals surface area contributed by atoms with Gasteiger partial charge in [-0.15, -0.1) is 0 Å². The summed E-state index contributed by atoms with van der Waals surface area (Å²) >= 11 is 0. The topological polar surface area (TPSA) is 145 Å². The van der Waals surface area contributed by atoms with Crippen molar-refractivity contribution in [3.8, 4) is 17.0 Å². The minimum Gasteiger partial charge on any atom is -0.489 e. The monoisotopic (exact) mass is 492 g/mol. The van der Waals surface area contributed by atoms with E-state index in [9.17, 15) is 19.1 Å². The van der Waals surface area contributed by atoms with Crippen molar-refractivity contribution in [1.29, 1.82) is 0 Å². The number of aromatic nitrogens is 4. The standard InChI is InChI=1S/C25H23FN6O4.H2/c1-24(23(27)34)13-36-21-16(24)10-18(31-20(21)14-5-7-15(26)8-6-14)25(2,35)12-28-22(33)17-11-32-19(30-17)4-3-9-29-32;/h3-11,35H,12-13H2,1-2H3,(H2,27,34)(H,28,33);1H/t24-,25-;/m0./s1. The van der Waals surface area contributed by atoms with Crippen LogP contribution in [0.3, 0.4) is 0 Å². The van der Waals surface area contributed by atoms with Gasteiger partial charge in [0.05, 0.1) is 18.4 Å². The third kappa shape index (κ3) is 3.93. The number of hydrogen-bond donors (Lipinski definition) is 3. The molecule has 2 atom stereocenters. The van der Waals surface area contributed by atoms with Crippen molar-refractivity contribution in [3.05, 3.63) is 77.6 Å². The molecule has 3 aromatic heterocycles. The summed E-state index contributed by atoms with van der Waals surface area (Å²) < 4.78 is 20.8. The highest BCUT2D eigenvalue weighted by molar-refractivity contribution is 5.93. The molecule has 10 nitrogen and oxygen atoms in total. The lowest BCUT2D eigenvalue weighted by Gasteiger charge is -2.26. The van der Waals surface area contributed by atoms with Crippen LogP contribution in [0.2, 0.25) is 0 Å². The first-order valence-electron chi connectivity index (χ1n) is 11.1. The maximum absolute atomic E-state index is 13.6. The Bertz CT molecular complexity index is 1470. The lowest BCUT2D eigenvalue weighted by Crippen LogP contribution is -2.41. The molecule has 0 fully saturated rings. The van der Waals surface area contributed by atoms with Gasteiger partial charge in [0, 0.05) is 18.8 Å². The summed E-state index contributed by atoms with van der Waals surface area (Å²) in [6.07, 6.45) is 3.05. The van der Waals surface area contributed by atoms with Gasteiger partial charge in [-0.3, -0.25) is 9.59 Å². The van der Waals surface area contributed by atoms with Gasteiger partial charge in [0.1, 0.15) is 40.6 Å². The van der Waals surface area contributed by atoms with Crippen LogP contribution in [0, 0.1) is 5.82 Å². The van der Waals surface area contributed by atoms with Gasteiger partial charge in [0.15, 0.2) is 5.65 Å². The molecule has 4 N–H and O–H groups in total. The van der Waals surface area contributed by atoms with Crippen LogP contribution in [-0.2, 0) is 15.8 Å². The lowest BCUT2D eigenvalue weighted by molar-refractivity contribution is -0.123. The first kappa shape index (κ1) is 23.4. The van der Waals surface area contributed by atoms with Gasteiger partial charge in [0.2, 0.25) is 5.91 Å². The summed E-state index contributed by atoms with van der Waals surface area (Å²) in [5.74, 6) is -1.20. The van der Waals surface area contributed by atoms with Crippen LogP contribution < -0.4 is 15.8 Å². The number of pyridine rings is 1. The van der Waals surface area contributed by atoms with Crippen LogP contribution >= 0.6 is 0 Å². The second-order valence-electron chi connectivity index (χ2n) is 9.13. The minimum atomic E-state index is -1.65. The fourth-order valence-corrected chi connectivity index (χ4v) is 4.04. The molecule has 0 aliphatic carbocycles. The highest BCUT2D eigenvalue weighted by Gasteiger charge is 2.45. The SMILES string of the molecule is C[C@](O)(CNC(=O)c1cn2ncccc2n1)c1cc2c(c(-c3ccc(F)cc3)n1)OC[C@]2(C)C(N)=O.[HH]. The van der Waals surface area contributed by atoms with E-state index in [2.05, 4.69) is 20.4 Å². The van der Waals surface area contributed by atoms with Crippen molar-refractivity contribution in [1.82, 2.24) is 24.9 Å². The smallest absolute Gasteiger partial charge is 0.271 e. The average Bonchev–Trinajstić information content (AvgIpc) is 3.45. The molecule has 186 valence electrons. The molecule has 2 amide bonds. The molecule has 1 aliphatic heterocycles. The Balaban J connectivity index is 0.00000320. The van der Waals surface area contributed by atoms with Crippen molar-refractivity contribution in [2.45, 2.75) is 24.9 Å². The summed E-state index contributed by atoms with van der Waals surface area (Å²) in [7, 11) is 0. The van der Waals surface area contributed by atoms with Gasteiger partial charge in [0.25, 0.3) is 5.91 Å². The van der Waals surface area contributed by atoms with E-state index in [1.165, 1.54) is 41.9 Å². The summed E-state index contributed by atoms with van der Waals surface area (Å²) in [6.45, 7) is 2.92. The number of nitrogens with one attached hydrogen (secondary N) is 1. The van der Waals surface area contributed by atoms with E-state index in [4.69, 9.17) is 10.5 Å². The number of fused-ring (bicyclic) bond motifs is 2. The molecule has 4 heterocycles. The quantitative estimate of drug-likeness (QED) is 0.373. The van der Waals surface area contributed by atoms with Gasteiger partial charge in [-0.2, -0.15) is 5.10 Å². The van der Waals surface area contributed by atoms with Crippen LogP contribution in [-0.4, -0.2) is 49.7 Å². The van der Waals surface area contributed by atoms with E-state index in [1.54, 1.807) is 31.3 Å². The van der Waals surface area contributed by atoms with Crippen LogP contribution in [0.1, 0.15) is 37.0 Å². The lowest BCUT2D eigenvalue weighted by atomic mass is 9.82. The molecule has 0 bridgehead atoms. The van der Waals surface area contributed by atoms with E-state index in [0.717, 1.165) is 0 Å². The number of imidazole rings is 1. The Morgan fingerprint density at radius 3 is 2.75 bits per heavy atom. The predicted octanol–water partition coefficient (Wildman–Crippen LogP) is 1.95. The second-order valence-corrected chi connectivity index (χ2v) is 9.13. The summed E-state index contributed by atoms with van der Waals surface area (Å²) in [4.78, 5) is 33.9. The van der Waals surface area contributed by atoms with Crippen molar-refractivity contribution in [3.63, 3.8) is 0 Å². The number of aliphatic hydroxyl groups is 1. The van der Waals surface area contributed by atoms with Crippen molar-refractivity contribution >= 4 is 17.5 Å². The third-order valence-electron chi connectivity index (χ3n) is 6.35. The number of carbonyl (C=O) groups excluding carboxylic acids is 2. The van der Waals surface area contributed by atoms with Gasteiger partial charge in [-0.05, 0) is 56.3 Å². The van der Waals surface area contributed by atoms with E-state index < -0.39 is 28.6 Å². The van der Waals surface area contributed by atoms with E-state index >= 15 is 0 Å². The molecule has 0 spiro atoms. The molecular weight excluding hydrogens is 467 g/mol. The van der Waals surface area contributed by atoms with Crippen LogP contribution in [0.4, 0.5) is 4.39 Å². The molecule has 0 saturated carbocycles. The van der Waals surface area contributed by atoms with E-state index in [1.807, 2.05) is 0 Å². The summed E-state index contributed by atoms with van der Waals surface area (Å²) in [6, 6.07) is 10.6. The van der Waals surface area contributed by atoms with Gasteiger partial charge < -0.3 is 20.9 Å². The second kappa shape index (κ2) is 8.38. The zero-order valence-corrected chi connectivity index (χ0v) is 19.5. The van der Waals surface area contributed by atoms with Gasteiger partial charge in [-0.1, -0.05) is 0 Å². The summed E-state index contributed by atoms with van der Waals surface area (Å²) in [5.41, 5.74) is 4.99. The maximum Gasteiger partial charge on any atom is 0.271 e. The van der Waals surface area contributed by atoms with Crippen molar-refractivity contribution in [2.24, 2.45) is 5.73 Å². The third-order valence-corrected chi connectivity index (χ3v) is 6.35. The van der Waals surface area contributed by atoms with Crippen LogP contribution in [0.15, 0.2) is 54.9 Å². The zero-order valence-electron chi connectivity index (χ0n) is 19.5. The zero-order chi connectivity index (χ0) is 25.7. The Morgan fingerprint density at radius 2 is 2.06 bits per heavy atom. The first-order chi connectivity index (χ1) is 17.1. The fourth-order valence-electron chi connectivity index (χ4n) is 4.04. The Kier molecular flexibility index (Phi) is 5.44. The Labute approximate surface area is 206 Å². The number of amides is 2. The number of benzene rings is 1. The predicted molar refractivity (Wildman–Crippen MR) is 129 cm³/mol. The van der Waals surface area contributed by atoms with Crippen LogP contribution in [0.5, 0.6) is 5.75 Å². The number of nitrogens with zero attached hydrogens (tertiary/aromatic N) is 4. The normalized spacial score (nSPS) is 18.3. The molecule has 0 saturated heterocycles. The van der Waals surface area contributed by atoms with Gasteiger partial charge in [-0.25, -0.2) is 18.9 Å². The van der Waals surface area contributed by atoms with Crippen molar-refractivity contribution in [2.75, 3.05) is 13.2 Å². The number of ether oxygens (including phenoxy) is 1. The Morgan fingerprint density at radius 1 is 1.31 bits per heavy atom. The van der Waals surface area contributed by atoms with Crippen LogP contribution in [0.25, 0.3) is 16.9 Å². The molecule has 5 rings (SSSR count). The maximum atomic E-state index is 13.6. The molecule has 1 aliphatic rings. The highest BCUT2D eigenvalue weighted by Crippen LogP contribution is 2.45. The fraction of sp³-hybridized carbons (Fsp3) is 0.240. The molecule has 1 aromatic carbocycles. The average molecular weight is 493 g/mol. The molecule has 11 heteroatoms. The first-order valence-corrected chi connectivity index (χ1v) is 11.1. The number of rotatable bonds is 6. The van der Waals surface area contributed by atoms with Gasteiger partial charge >= 0.3 is 0 Å².